The van der Waals surface area contributed by atoms with Crippen molar-refractivity contribution in [3.63, 3.8) is 0 Å². The third-order valence-electron chi connectivity index (χ3n) is 3.67. The second-order valence-electron chi connectivity index (χ2n) is 4.71. The molecule has 1 aliphatic heterocycles. The smallest absolute Gasteiger partial charge is 0.0948 e. The summed E-state index contributed by atoms with van der Waals surface area (Å²) in [6, 6.07) is -0.212. The Balaban J connectivity index is 2.37. The number of nitrogens with one attached hydrogen (secondary N) is 1. The second-order valence-corrected chi connectivity index (χ2v) is 5.12. The second kappa shape index (κ2) is 6.19. The lowest BCUT2D eigenvalue weighted by Crippen LogP contribution is -2.52. The van der Waals surface area contributed by atoms with E-state index in [0.29, 0.717) is 24.8 Å². The first-order chi connectivity index (χ1) is 9.14. The van der Waals surface area contributed by atoms with Gasteiger partial charge >= 0.3 is 0 Å². The Morgan fingerprint density at radius 2 is 2.32 bits per heavy atom. The molecule has 19 heavy (non-hydrogen) atoms. The van der Waals surface area contributed by atoms with Gasteiger partial charge in [-0.05, 0) is 6.92 Å². The molecule has 1 aromatic heterocycles. The van der Waals surface area contributed by atoms with Crippen molar-refractivity contribution in [2.75, 3.05) is 19.8 Å². The number of hydrogen-bond acceptors (Lipinski definition) is 5. The molecule has 1 aliphatic rings. The fourth-order valence-electron chi connectivity index (χ4n) is 2.75. The fourth-order valence-corrected chi connectivity index (χ4v) is 3.02. The van der Waals surface area contributed by atoms with E-state index >= 15 is 0 Å². The average molecular weight is 289 g/mol. The number of hydrogen-bond donors (Lipinski definition) is 2. The minimum atomic E-state index is -0.404. The molecule has 1 fully saturated rings. The van der Waals surface area contributed by atoms with E-state index in [0.717, 1.165) is 18.5 Å². The molecule has 0 saturated carbocycles. The summed E-state index contributed by atoms with van der Waals surface area (Å²) in [7, 11) is 1.85. The SMILES string of the molecule is CCOC1(C(NN)c2c(Cl)cnn2C)CCOCC1. The number of nitrogens with zero attached hydrogens (tertiary/aromatic N) is 2. The Morgan fingerprint density at radius 1 is 1.63 bits per heavy atom. The Kier molecular flexibility index (Phi) is 4.81. The predicted molar refractivity (Wildman–Crippen MR) is 72.7 cm³/mol. The molecule has 108 valence electrons. The molecule has 1 unspecified atom stereocenters. The number of halogens is 1. The van der Waals surface area contributed by atoms with Crippen LogP contribution in [0.5, 0.6) is 0 Å². The molecule has 0 radical (unpaired) electrons. The van der Waals surface area contributed by atoms with Crippen LogP contribution in [0.2, 0.25) is 5.02 Å². The van der Waals surface area contributed by atoms with Gasteiger partial charge in [0.05, 0.1) is 28.6 Å². The lowest BCUT2D eigenvalue weighted by atomic mass is 9.84. The van der Waals surface area contributed by atoms with E-state index in [4.69, 9.17) is 26.9 Å². The van der Waals surface area contributed by atoms with Crippen LogP contribution < -0.4 is 11.3 Å². The molecule has 0 spiro atoms. The summed E-state index contributed by atoms with van der Waals surface area (Å²) in [6.45, 7) is 3.92. The van der Waals surface area contributed by atoms with E-state index in [1.807, 2.05) is 14.0 Å². The number of ether oxygens (including phenoxy) is 2. The highest BCUT2D eigenvalue weighted by Gasteiger charge is 2.43. The van der Waals surface area contributed by atoms with E-state index in [2.05, 4.69) is 10.5 Å². The number of nitrogens with two attached hydrogens (primary N) is 1. The van der Waals surface area contributed by atoms with E-state index < -0.39 is 5.60 Å². The standard InChI is InChI=1S/C12H21ClN4O2/c1-3-19-12(4-6-18-7-5-12)11(16-14)10-9(13)8-15-17(10)2/h8,11,16H,3-7,14H2,1-2H3. The molecule has 6 nitrogen and oxygen atoms in total. The summed E-state index contributed by atoms with van der Waals surface area (Å²) >= 11 is 6.23. The first kappa shape index (κ1) is 14.7. The molecule has 2 heterocycles. The largest absolute Gasteiger partial charge is 0.381 e. The van der Waals surface area contributed by atoms with Gasteiger partial charge in [-0.15, -0.1) is 0 Å². The van der Waals surface area contributed by atoms with Crippen molar-refractivity contribution >= 4 is 11.6 Å². The topological polar surface area (TPSA) is 74.3 Å². The Labute approximate surface area is 118 Å². The first-order valence-corrected chi connectivity index (χ1v) is 6.87. The molecule has 7 heteroatoms. The zero-order valence-electron chi connectivity index (χ0n) is 11.4. The molecular formula is C12H21ClN4O2. The van der Waals surface area contributed by atoms with Gasteiger partial charge in [0.25, 0.3) is 0 Å². The summed E-state index contributed by atoms with van der Waals surface area (Å²) < 4.78 is 13.2. The molecule has 0 aromatic carbocycles. The molecule has 2 rings (SSSR count). The van der Waals surface area contributed by atoms with Crippen LogP contribution in [0.25, 0.3) is 0 Å². The quantitative estimate of drug-likeness (QED) is 0.628. The van der Waals surface area contributed by atoms with Crippen molar-refractivity contribution in [3.05, 3.63) is 16.9 Å². The van der Waals surface area contributed by atoms with Crippen molar-refractivity contribution in [1.29, 1.82) is 0 Å². The van der Waals surface area contributed by atoms with Crippen LogP contribution in [0.3, 0.4) is 0 Å². The molecule has 0 aliphatic carbocycles. The van der Waals surface area contributed by atoms with Gasteiger partial charge in [0, 0.05) is 39.7 Å². The van der Waals surface area contributed by atoms with Gasteiger partial charge in [-0.25, -0.2) is 5.43 Å². The Bertz CT molecular complexity index is 393. The summed E-state index contributed by atoms with van der Waals surface area (Å²) in [5.74, 6) is 5.78. The van der Waals surface area contributed by atoms with Gasteiger partial charge in [-0.3, -0.25) is 10.5 Å². The molecule has 0 bridgehead atoms. The van der Waals surface area contributed by atoms with Crippen molar-refractivity contribution in [3.8, 4) is 0 Å². The molecular weight excluding hydrogens is 268 g/mol. The van der Waals surface area contributed by atoms with E-state index in [9.17, 15) is 0 Å². The third-order valence-corrected chi connectivity index (χ3v) is 3.97. The maximum atomic E-state index is 6.23. The van der Waals surface area contributed by atoms with Gasteiger partial charge in [-0.2, -0.15) is 5.10 Å². The fraction of sp³-hybridized carbons (Fsp3) is 0.750. The number of hydrazine groups is 1. The van der Waals surface area contributed by atoms with Gasteiger partial charge in [0.15, 0.2) is 0 Å². The van der Waals surface area contributed by atoms with Gasteiger partial charge in [0.2, 0.25) is 0 Å². The van der Waals surface area contributed by atoms with Crippen LogP contribution in [0.4, 0.5) is 0 Å². The maximum absolute atomic E-state index is 6.23. The highest BCUT2D eigenvalue weighted by atomic mass is 35.5. The highest BCUT2D eigenvalue weighted by molar-refractivity contribution is 6.31. The summed E-state index contributed by atoms with van der Waals surface area (Å²) in [5.41, 5.74) is 3.30. The van der Waals surface area contributed by atoms with Crippen LogP contribution in [-0.2, 0) is 16.5 Å². The molecule has 1 saturated heterocycles. The van der Waals surface area contributed by atoms with Crippen molar-refractivity contribution in [2.24, 2.45) is 12.9 Å². The summed E-state index contributed by atoms with van der Waals surface area (Å²) in [5, 5.41) is 4.77. The third kappa shape index (κ3) is 2.78. The average Bonchev–Trinajstić information content (AvgIpc) is 2.73. The van der Waals surface area contributed by atoms with Crippen LogP contribution in [0.15, 0.2) is 6.20 Å². The van der Waals surface area contributed by atoms with Crippen molar-refractivity contribution < 1.29 is 9.47 Å². The van der Waals surface area contributed by atoms with Crippen molar-refractivity contribution in [1.82, 2.24) is 15.2 Å². The van der Waals surface area contributed by atoms with Crippen LogP contribution in [-0.4, -0.2) is 35.2 Å². The lowest BCUT2D eigenvalue weighted by molar-refractivity contribution is -0.129. The van der Waals surface area contributed by atoms with Gasteiger partial charge in [0.1, 0.15) is 0 Å². The molecule has 1 aromatic rings. The van der Waals surface area contributed by atoms with Crippen molar-refractivity contribution in [2.45, 2.75) is 31.4 Å². The lowest BCUT2D eigenvalue weighted by Gasteiger charge is -2.42. The molecule has 1 atom stereocenters. The van der Waals surface area contributed by atoms with E-state index in [1.54, 1.807) is 10.9 Å². The predicted octanol–water partition coefficient (Wildman–Crippen LogP) is 1.16. The van der Waals surface area contributed by atoms with Crippen LogP contribution in [0.1, 0.15) is 31.5 Å². The van der Waals surface area contributed by atoms with Gasteiger partial charge in [-0.1, -0.05) is 11.6 Å². The van der Waals surface area contributed by atoms with Gasteiger partial charge < -0.3 is 9.47 Å². The molecule has 0 amide bonds. The minimum Gasteiger partial charge on any atom is -0.381 e. The number of aryl methyl sites for hydroxylation is 1. The summed E-state index contributed by atoms with van der Waals surface area (Å²) in [4.78, 5) is 0. The highest BCUT2D eigenvalue weighted by Crippen LogP contribution is 2.39. The normalized spacial score (nSPS) is 20.4. The van der Waals surface area contributed by atoms with E-state index in [-0.39, 0.29) is 6.04 Å². The maximum Gasteiger partial charge on any atom is 0.0948 e. The number of rotatable bonds is 5. The Morgan fingerprint density at radius 3 is 2.79 bits per heavy atom. The van der Waals surface area contributed by atoms with Crippen LogP contribution in [0, 0.1) is 0 Å². The van der Waals surface area contributed by atoms with E-state index in [1.165, 1.54) is 0 Å². The summed E-state index contributed by atoms with van der Waals surface area (Å²) in [6.07, 6.45) is 3.18. The zero-order chi connectivity index (χ0) is 13.9. The zero-order valence-corrected chi connectivity index (χ0v) is 12.1. The van der Waals surface area contributed by atoms with Crippen LogP contribution >= 0.6 is 11.6 Å². The Hall–Kier alpha value is -0.660. The first-order valence-electron chi connectivity index (χ1n) is 6.50. The number of aromatic nitrogens is 2. The minimum absolute atomic E-state index is 0.212. The molecule has 3 N–H and O–H groups in total. The monoisotopic (exact) mass is 288 g/mol.